The van der Waals surface area contributed by atoms with E-state index in [4.69, 9.17) is 9.16 Å². The maximum Gasteiger partial charge on any atom is 0.309 e. The summed E-state index contributed by atoms with van der Waals surface area (Å²) < 4.78 is 12.6. The van der Waals surface area contributed by atoms with Gasteiger partial charge >= 0.3 is 5.97 Å². The fourth-order valence-electron chi connectivity index (χ4n) is 6.33. The van der Waals surface area contributed by atoms with Crippen molar-refractivity contribution in [2.45, 2.75) is 117 Å². The van der Waals surface area contributed by atoms with Crippen LogP contribution in [-0.4, -0.2) is 26.5 Å². The van der Waals surface area contributed by atoms with E-state index in [1.807, 2.05) is 6.92 Å². The summed E-state index contributed by atoms with van der Waals surface area (Å²) in [6, 6.07) is 0. The molecule has 0 aromatic carbocycles. The molecule has 3 rings (SSSR count). The molecule has 162 valence electrons. The minimum absolute atomic E-state index is 0.00760. The molecule has 2 saturated carbocycles. The largest absolute Gasteiger partial charge is 0.462 e. The lowest BCUT2D eigenvalue weighted by atomic mass is 9.61. The van der Waals surface area contributed by atoms with Crippen LogP contribution in [0.5, 0.6) is 0 Å². The number of carbonyl (C=O) groups is 1. The Bertz CT molecular complexity index is 581. The van der Waals surface area contributed by atoms with Gasteiger partial charge in [0.15, 0.2) is 8.32 Å². The molecule has 3 aliphatic rings. The van der Waals surface area contributed by atoms with Gasteiger partial charge in [-0.3, -0.25) is 4.79 Å². The summed E-state index contributed by atoms with van der Waals surface area (Å²) in [7, 11) is -1.74. The zero-order valence-corrected chi connectivity index (χ0v) is 20.6. The van der Waals surface area contributed by atoms with Crippen molar-refractivity contribution in [2.24, 2.45) is 29.1 Å². The number of ether oxygens (including phenoxy) is 1. The maximum atomic E-state index is 11.8. The molecule has 28 heavy (non-hydrogen) atoms. The van der Waals surface area contributed by atoms with E-state index in [0.717, 1.165) is 18.8 Å². The molecular weight excluding hydrogens is 364 g/mol. The van der Waals surface area contributed by atoms with Gasteiger partial charge in [-0.25, -0.2) is 0 Å². The molecular formula is C24H44O3Si. The lowest BCUT2D eigenvalue weighted by Crippen LogP contribution is -2.50. The summed E-state index contributed by atoms with van der Waals surface area (Å²) in [5.74, 6) is 2.14. The van der Waals surface area contributed by atoms with Crippen molar-refractivity contribution in [3.05, 3.63) is 0 Å². The van der Waals surface area contributed by atoms with Gasteiger partial charge in [0.05, 0.1) is 5.92 Å². The Kier molecular flexibility index (Phi) is 6.16. The number of fused-ring (bicyclic) bond motifs is 1. The Morgan fingerprint density at radius 1 is 1.25 bits per heavy atom. The molecule has 1 heterocycles. The predicted octanol–water partition coefficient (Wildman–Crippen LogP) is 6.57. The van der Waals surface area contributed by atoms with Crippen LogP contribution in [0.1, 0.15) is 86.5 Å². The molecule has 0 N–H and O–H groups in total. The van der Waals surface area contributed by atoms with Gasteiger partial charge in [-0.2, -0.15) is 0 Å². The van der Waals surface area contributed by atoms with E-state index in [2.05, 4.69) is 47.7 Å². The standard InChI is InChI=1S/C24H44O3Si/c1-16(14-18-15-17(2)22(25)26-18)19-11-12-20-21(10-9-13-24(19,20)6)27-28(7,8)23(3,4)5/h16-21H,9-15H2,1-8H3/t16-,17+,18-,19-,20?,21?,24-/m1/s1. The van der Waals surface area contributed by atoms with Gasteiger partial charge in [0.25, 0.3) is 0 Å². The second-order valence-electron chi connectivity index (χ2n) is 12.0. The van der Waals surface area contributed by atoms with Crippen molar-refractivity contribution in [3.63, 3.8) is 0 Å². The summed E-state index contributed by atoms with van der Waals surface area (Å²) >= 11 is 0. The van der Waals surface area contributed by atoms with Crippen molar-refractivity contribution in [3.8, 4) is 0 Å². The summed E-state index contributed by atoms with van der Waals surface area (Å²) in [5, 5.41) is 0.273. The van der Waals surface area contributed by atoms with Crippen molar-refractivity contribution in [1.29, 1.82) is 0 Å². The van der Waals surface area contributed by atoms with Crippen LogP contribution >= 0.6 is 0 Å². The van der Waals surface area contributed by atoms with E-state index in [0.29, 0.717) is 23.4 Å². The van der Waals surface area contributed by atoms with Crippen LogP contribution < -0.4 is 0 Å². The molecule has 4 heteroatoms. The Labute approximate surface area is 174 Å². The third-order valence-corrected chi connectivity index (χ3v) is 13.5. The van der Waals surface area contributed by atoms with Gasteiger partial charge in [0.1, 0.15) is 6.10 Å². The quantitative estimate of drug-likeness (QED) is 0.381. The number of rotatable bonds is 5. The summed E-state index contributed by atoms with van der Waals surface area (Å²) in [6.07, 6.45) is 9.04. The van der Waals surface area contributed by atoms with Crippen molar-refractivity contribution in [2.75, 3.05) is 0 Å². The molecule has 1 aliphatic heterocycles. The Balaban J connectivity index is 1.68. The second-order valence-corrected chi connectivity index (χ2v) is 16.8. The van der Waals surface area contributed by atoms with Crippen LogP contribution in [0.25, 0.3) is 0 Å². The van der Waals surface area contributed by atoms with Gasteiger partial charge in [-0.15, -0.1) is 0 Å². The maximum absolute atomic E-state index is 11.8. The van der Waals surface area contributed by atoms with Crippen molar-refractivity contribution >= 4 is 14.3 Å². The van der Waals surface area contributed by atoms with E-state index in [-0.39, 0.29) is 23.0 Å². The van der Waals surface area contributed by atoms with E-state index < -0.39 is 8.32 Å². The number of cyclic esters (lactones) is 1. The van der Waals surface area contributed by atoms with E-state index in [1.54, 1.807) is 0 Å². The molecule has 0 radical (unpaired) electrons. The first-order valence-corrected chi connectivity index (χ1v) is 14.6. The fraction of sp³-hybridized carbons (Fsp3) is 0.958. The van der Waals surface area contributed by atoms with Crippen LogP contribution in [0.3, 0.4) is 0 Å². The number of hydrogen-bond acceptors (Lipinski definition) is 3. The van der Waals surface area contributed by atoms with Gasteiger partial charge < -0.3 is 9.16 Å². The molecule has 2 aliphatic carbocycles. The Morgan fingerprint density at radius 2 is 1.93 bits per heavy atom. The SMILES string of the molecule is C[C@H](C[C@@H]1C[C@H](C)C(=O)O1)[C@H]1CCC2C(O[Si](C)(C)C(C)(C)C)CCC[C@@]21C. The van der Waals surface area contributed by atoms with Gasteiger partial charge in [0, 0.05) is 6.10 Å². The molecule has 0 bridgehead atoms. The minimum Gasteiger partial charge on any atom is -0.462 e. The molecule has 0 aromatic heterocycles. The molecule has 7 atom stereocenters. The molecule has 3 nitrogen and oxygen atoms in total. The topological polar surface area (TPSA) is 35.5 Å². The average Bonchev–Trinajstić information content (AvgIpc) is 3.06. The third-order valence-electron chi connectivity index (χ3n) is 9.01. The molecule has 1 saturated heterocycles. The van der Waals surface area contributed by atoms with Crippen LogP contribution in [0.4, 0.5) is 0 Å². The van der Waals surface area contributed by atoms with Crippen molar-refractivity contribution < 1.29 is 14.0 Å². The van der Waals surface area contributed by atoms with Crippen LogP contribution in [-0.2, 0) is 14.0 Å². The number of esters is 1. The highest BCUT2D eigenvalue weighted by Gasteiger charge is 2.54. The van der Waals surface area contributed by atoms with E-state index in [1.165, 1.54) is 32.1 Å². The number of carbonyl (C=O) groups excluding carboxylic acids is 1. The Morgan fingerprint density at radius 3 is 2.50 bits per heavy atom. The summed E-state index contributed by atoms with van der Waals surface area (Å²) in [4.78, 5) is 11.8. The Hall–Kier alpha value is -0.353. The lowest BCUT2D eigenvalue weighted by Gasteiger charge is -2.50. The minimum atomic E-state index is -1.74. The van der Waals surface area contributed by atoms with Gasteiger partial charge in [-0.05, 0) is 79.8 Å². The molecule has 2 unspecified atom stereocenters. The monoisotopic (exact) mass is 408 g/mol. The second kappa shape index (κ2) is 7.72. The van der Waals surface area contributed by atoms with Crippen LogP contribution in [0, 0.1) is 29.1 Å². The van der Waals surface area contributed by atoms with E-state index >= 15 is 0 Å². The molecule has 3 fully saturated rings. The van der Waals surface area contributed by atoms with E-state index in [9.17, 15) is 4.79 Å². The van der Waals surface area contributed by atoms with Gasteiger partial charge in [0.2, 0.25) is 0 Å². The first-order chi connectivity index (χ1) is 12.8. The predicted molar refractivity (Wildman–Crippen MR) is 118 cm³/mol. The lowest BCUT2D eigenvalue weighted by molar-refractivity contribution is -0.144. The zero-order chi connectivity index (χ0) is 20.9. The highest BCUT2D eigenvalue weighted by molar-refractivity contribution is 6.74. The normalized spacial score (nSPS) is 40.3. The molecule has 0 spiro atoms. The highest BCUT2D eigenvalue weighted by atomic mass is 28.4. The smallest absolute Gasteiger partial charge is 0.309 e. The first kappa shape index (κ1) is 22.3. The first-order valence-electron chi connectivity index (χ1n) is 11.7. The molecule has 0 aromatic rings. The zero-order valence-electron chi connectivity index (χ0n) is 19.6. The van der Waals surface area contributed by atoms with Gasteiger partial charge in [-0.1, -0.05) is 48.0 Å². The average molecular weight is 409 g/mol. The summed E-state index contributed by atoms with van der Waals surface area (Å²) in [5.41, 5.74) is 0.388. The van der Waals surface area contributed by atoms with Crippen molar-refractivity contribution in [1.82, 2.24) is 0 Å². The van der Waals surface area contributed by atoms with Crippen LogP contribution in [0.2, 0.25) is 18.1 Å². The summed E-state index contributed by atoms with van der Waals surface area (Å²) in [6.45, 7) is 18.8. The number of hydrogen-bond donors (Lipinski definition) is 0. The highest BCUT2D eigenvalue weighted by Crippen LogP contribution is 2.59. The fourth-order valence-corrected chi connectivity index (χ4v) is 7.73. The molecule has 0 amide bonds. The van der Waals surface area contributed by atoms with Crippen LogP contribution in [0.15, 0.2) is 0 Å². The third kappa shape index (κ3) is 4.10.